The van der Waals surface area contributed by atoms with Gasteiger partial charge in [0.05, 0.1) is 19.6 Å². The van der Waals surface area contributed by atoms with Gasteiger partial charge in [0, 0.05) is 11.5 Å². The first-order valence-electron chi connectivity index (χ1n) is 5.97. The predicted molar refractivity (Wildman–Crippen MR) is 83.5 cm³/mol. The molecule has 1 rings (SSSR count). The monoisotopic (exact) mass is 336 g/mol. The summed E-state index contributed by atoms with van der Waals surface area (Å²) >= 11 is 7.87. The number of thiol groups is 2. The van der Waals surface area contributed by atoms with E-state index in [9.17, 15) is 9.36 Å². The van der Waals surface area contributed by atoms with Crippen LogP contribution in [-0.4, -0.2) is 30.7 Å². The predicted octanol–water partition coefficient (Wildman–Crippen LogP) is 2.77. The van der Waals surface area contributed by atoms with E-state index in [1.54, 1.807) is 24.3 Å². The van der Waals surface area contributed by atoms with Crippen LogP contribution < -0.4 is 0 Å². The van der Waals surface area contributed by atoms with Gasteiger partial charge in [0.2, 0.25) is 0 Å². The molecule has 0 heterocycles. The minimum Gasteiger partial charge on any atom is -0.370 e. The molecule has 0 saturated carbocycles. The second-order valence-corrected chi connectivity index (χ2v) is 6.17. The summed E-state index contributed by atoms with van der Waals surface area (Å²) in [5, 5.41) is 0. The van der Waals surface area contributed by atoms with Crippen LogP contribution in [0.1, 0.15) is 5.56 Å². The van der Waals surface area contributed by atoms with Crippen molar-refractivity contribution in [1.29, 1.82) is 0 Å². The zero-order chi connectivity index (χ0) is 14.8. The molecular weight excluding hydrogens is 319 g/mol. The van der Waals surface area contributed by atoms with Gasteiger partial charge in [-0.2, -0.15) is 25.3 Å². The normalized spacial score (nSPS) is 11.3. The van der Waals surface area contributed by atoms with Gasteiger partial charge in [0.15, 0.2) is 0 Å². The fourth-order valence-corrected chi connectivity index (χ4v) is 2.91. The Balaban J connectivity index is 2.59. The molecule has 8 heteroatoms. The highest BCUT2D eigenvalue weighted by atomic mass is 32.1. The van der Waals surface area contributed by atoms with Crippen LogP contribution in [0.3, 0.4) is 0 Å². The van der Waals surface area contributed by atoms with E-state index in [0.29, 0.717) is 11.5 Å². The molecule has 0 atom stereocenters. The maximum Gasteiger partial charge on any atom is 0.532 e. The smallest absolute Gasteiger partial charge is 0.370 e. The highest BCUT2D eigenvalue weighted by Crippen LogP contribution is 2.49. The van der Waals surface area contributed by atoms with Crippen molar-refractivity contribution in [2.45, 2.75) is 6.42 Å². The van der Waals surface area contributed by atoms with E-state index in [1.165, 1.54) is 0 Å². The molecule has 0 aromatic heterocycles. The van der Waals surface area contributed by atoms with Gasteiger partial charge in [-0.3, -0.25) is 13.8 Å². The standard InChI is InChI=1S/C12H17O5PS2/c13-12(10-11-4-2-1-3-5-11)17-18(14,15-6-8-19)16-7-9-20/h1-5,19-20H,6-10H2. The Morgan fingerprint density at radius 1 is 1.05 bits per heavy atom. The Labute approximate surface area is 129 Å². The van der Waals surface area contributed by atoms with Crippen LogP contribution in [0, 0.1) is 0 Å². The van der Waals surface area contributed by atoms with Crippen LogP contribution >= 0.6 is 33.1 Å². The second-order valence-electron chi connectivity index (χ2n) is 3.69. The molecule has 1 aromatic rings. The van der Waals surface area contributed by atoms with Gasteiger partial charge in [0.25, 0.3) is 0 Å². The fourth-order valence-electron chi connectivity index (χ4n) is 1.31. The molecule has 0 saturated heterocycles. The van der Waals surface area contributed by atoms with Crippen LogP contribution in [0.2, 0.25) is 0 Å². The van der Waals surface area contributed by atoms with Crippen molar-refractivity contribution in [3.05, 3.63) is 35.9 Å². The van der Waals surface area contributed by atoms with Crippen molar-refractivity contribution in [3.8, 4) is 0 Å². The SMILES string of the molecule is O=C(Cc1ccccc1)OP(=O)(OCCS)OCCS. The van der Waals surface area contributed by atoms with Gasteiger partial charge >= 0.3 is 13.8 Å². The van der Waals surface area contributed by atoms with Crippen molar-refractivity contribution < 1.29 is 22.9 Å². The summed E-state index contributed by atoms with van der Waals surface area (Å²) in [6.07, 6.45) is -0.000694. The van der Waals surface area contributed by atoms with Crippen LogP contribution in [-0.2, 0) is 29.4 Å². The zero-order valence-electron chi connectivity index (χ0n) is 10.8. The van der Waals surface area contributed by atoms with Gasteiger partial charge in [-0.1, -0.05) is 30.3 Å². The molecule has 0 spiro atoms. The number of benzene rings is 1. The maximum atomic E-state index is 12.2. The van der Waals surface area contributed by atoms with Crippen molar-refractivity contribution in [3.63, 3.8) is 0 Å². The fraction of sp³-hybridized carbons (Fsp3) is 0.417. The number of hydrogen-bond donors (Lipinski definition) is 2. The summed E-state index contributed by atoms with van der Waals surface area (Å²) in [6, 6.07) is 8.99. The summed E-state index contributed by atoms with van der Waals surface area (Å²) in [7, 11) is -3.89. The van der Waals surface area contributed by atoms with Crippen LogP contribution in [0.15, 0.2) is 30.3 Å². The van der Waals surface area contributed by atoms with Gasteiger partial charge in [0.1, 0.15) is 0 Å². The third kappa shape index (κ3) is 6.81. The number of carbonyl (C=O) groups excluding carboxylic acids is 1. The van der Waals surface area contributed by atoms with Crippen molar-refractivity contribution in [2.75, 3.05) is 24.7 Å². The molecule has 0 aliphatic heterocycles. The molecule has 0 unspecified atom stereocenters. The van der Waals surface area contributed by atoms with E-state index in [2.05, 4.69) is 25.3 Å². The van der Waals surface area contributed by atoms with Crippen LogP contribution in [0.4, 0.5) is 0 Å². The molecule has 0 fully saturated rings. The minimum absolute atomic E-state index is 0.000694. The van der Waals surface area contributed by atoms with Crippen molar-refractivity contribution in [2.24, 2.45) is 0 Å². The zero-order valence-corrected chi connectivity index (χ0v) is 13.5. The lowest BCUT2D eigenvalue weighted by molar-refractivity contribution is -0.135. The molecule has 20 heavy (non-hydrogen) atoms. The molecule has 0 radical (unpaired) electrons. The number of phosphoric ester groups is 1. The lowest BCUT2D eigenvalue weighted by Crippen LogP contribution is -2.11. The molecule has 0 aliphatic rings. The molecule has 5 nitrogen and oxygen atoms in total. The first-order chi connectivity index (χ1) is 9.59. The van der Waals surface area contributed by atoms with E-state index in [-0.39, 0.29) is 19.6 Å². The molecular formula is C12H17O5PS2. The molecule has 0 aliphatic carbocycles. The van der Waals surface area contributed by atoms with Crippen LogP contribution in [0.25, 0.3) is 0 Å². The number of hydrogen-bond acceptors (Lipinski definition) is 7. The van der Waals surface area contributed by atoms with E-state index >= 15 is 0 Å². The second kappa shape index (κ2) is 9.47. The third-order valence-corrected chi connectivity index (χ3v) is 3.88. The molecule has 112 valence electrons. The highest BCUT2D eigenvalue weighted by molar-refractivity contribution is 7.80. The Morgan fingerprint density at radius 2 is 1.60 bits per heavy atom. The lowest BCUT2D eigenvalue weighted by atomic mass is 10.2. The van der Waals surface area contributed by atoms with E-state index < -0.39 is 13.8 Å². The molecule has 0 bridgehead atoms. The van der Waals surface area contributed by atoms with Gasteiger partial charge < -0.3 is 4.52 Å². The Hall–Kier alpha value is -0.460. The number of phosphoric acid groups is 1. The Kier molecular flexibility index (Phi) is 8.33. The average Bonchev–Trinajstić information content (AvgIpc) is 2.44. The average molecular weight is 336 g/mol. The van der Waals surface area contributed by atoms with E-state index in [0.717, 1.165) is 5.56 Å². The van der Waals surface area contributed by atoms with Crippen molar-refractivity contribution >= 4 is 39.0 Å². The third-order valence-electron chi connectivity index (χ3n) is 2.09. The first kappa shape index (κ1) is 17.6. The van der Waals surface area contributed by atoms with E-state index in [4.69, 9.17) is 13.6 Å². The summed E-state index contributed by atoms with van der Waals surface area (Å²) < 4.78 is 27.0. The lowest BCUT2D eigenvalue weighted by Gasteiger charge is -2.16. The largest absolute Gasteiger partial charge is 0.532 e. The Morgan fingerprint density at radius 3 is 2.10 bits per heavy atom. The summed E-state index contributed by atoms with van der Waals surface area (Å²) in [5.74, 6) is 0.00687. The first-order valence-corrected chi connectivity index (χ1v) is 8.69. The highest BCUT2D eigenvalue weighted by Gasteiger charge is 2.30. The molecule has 0 N–H and O–H groups in total. The quantitative estimate of drug-likeness (QED) is 0.536. The van der Waals surface area contributed by atoms with Crippen molar-refractivity contribution in [1.82, 2.24) is 0 Å². The Bertz CT molecular complexity index is 442. The summed E-state index contributed by atoms with van der Waals surface area (Å²) in [6.45, 7) is 0.122. The van der Waals surface area contributed by atoms with Gasteiger partial charge in [-0.05, 0) is 5.56 Å². The topological polar surface area (TPSA) is 61.8 Å². The van der Waals surface area contributed by atoms with E-state index in [1.807, 2.05) is 6.07 Å². The number of carbonyl (C=O) groups is 1. The van der Waals surface area contributed by atoms with Gasteiger partial charge in [-0.15, -0.1) is 0 Å². The molecule has 1 aromatic carbocycles. The summed E-state index contributed by atoms with van der Waals surface area (Å²) in [4.78, 5) is 11.8. The maximum absolute atomic E-state index is 12.2. The summed E-state index contributed by atoms with van der Waals surface area (Å²) in [5.41, 5.74) is 0.757. The van der Waals surface area contributed by atoms with Gasteiger partial charge in [-0.25, -0.2) is 4.57 Å². The molecule has 0 amide bonds. The number of rotatable bonds is 9. The minimum atomic E-state index is -3.89. The van der Waals surface area contributed by atoms with Crippen LogP contribution in [0.5, 0.6) is 0 Å².